The molecule has 0 aliphatic heterocycles. The second-order valence-electron chi connectivity index (χ2n) is 4.69. The number of thioether (sulfide) groups is 1. The van der Waals surface area contributed by atoms with E-state index in [2.05, 4.69) is 32.0 Å². The zero-order valence-electron chi connectivity index (χ0n) is 10.2. The largest absolute Gasteiger partial charge is 0.397 e. The fourth-order valence-electron chi connectivity index (χ4n) is 1.66. The maximum Gasteiger partial charge on any atom is 0.0554 e. The molecule has 2 aromatic carbocycles. The van der Waals surface area contributed by atoms with Crippen molar-refractivity contribution in [3.05, 3.63) is 30.3 Å². The molecule has 17 heavy (non-hydrogen) atoms. The lowest BCUT2D eigenvalue weighted by atomic mass is 10.1. The van der Waals surface area contributed by atoms with Crippen molar-refractivity contribution in [3.8, 4) is 0 Å². The highest BCUT2D eigenvalue weighted by Gasteiger charge is 2.02. The Labute approximate surface area is 106 Å². The van der Waals surface area contributed by atoms with Crippen LogP contribution in [0.1, 0.15) is 13.8 Å². The number of hydrogen-bond donors (Lipinski definition) is 2. The molecular formula is C14H18N2S. The van der Waals surface area contributed by atoms with Crippen LogP contribution in [-0.2, 0) is 0 Å². The first kappa shape index (κ1) is 12.1. The Kier molecular flexibility index (Phi) is 3.48. The molecule has 0 aromatic heterocycles. The summed E-state index contributed by atoms with van der Waals surface area (Å²) in [5.74, 6) is 1.84. The predicted octanol–water partition coefficient (Wildman–Crippen LogP) is 3.75. The van der Waals surface area contributed by atoms with Crippen LogP contribution in [0.25, 0.3) is 10.8 Å². The zero-order chi connectivity index (χ0) is 12.4. The summed E-state index contributed by atoms with van der Waals surface area (Å²) >= 11 is 1.88. The van der Waals surface area contributed by atoms with E-state index in [1.54, 1.807) is 0 Å². The average Bonchev–Trinajstić information content (AvgIpc) is 2.28. The van der Waals surface area contributed by atoms with Crippen LogP contribution in [0, 0.1) is 5.92 Å². The number of rotatable bonds is 3. The van der Waals surface area contributed by atoms with Crippen molar-refractivity contribution in [1.29, 1.82) is 0 Å². The number of benzene rings is 2. The van der Waals surface area contributed by atoms with Crippen molar-refractivity contribution in [1.82, 2.24) is 0 Å². The predicted molar refractivity (Wildman–Crippen MR) is 78.3 cm³/mol. The summed E-state index contributed by atoms with van der Waals surface area (Å²) in [4.78, 5) is 1.29. The molecule has 3 heteroatoms. The number of nitrogens with two attached hydrogens (primary N) is 2. The molecule has 0 atom stereocenters. The van der Waals surface area contributed by atoms with Gasteiger partial charge in [-0.1, -0.05) is 19.9 Å². The lowest BCUT2D eigenvalue weighted by molar-refractivity contribution is 0.750. The van der Waals surface area contributed by atoms with Crippen LogP contribution in [0.2, 0.25) is 0 Å². The van der Waals surface area contributed by atoms with E-state index in [0.717, 1.165) is 16.5 Å². The molecular weight excluding hydrogens is 228 g/mol. The molecule has 0 fully saturated rings. The summed E-state index contributed by atoms with van der Waals surface area (Å²) < 4.78 is 0. The van der Waals surface area contributed by atoms with Gasteiger partial charge in [0, 0.05) is 10.6 Å². The molecule has 4 N–H and O–H groups in total. The highest BCUT2D eigenvalue weighted by molar-refractivity contribution is 7.99. The van der Waals surface area contributed by atoms with Gasteiger partial charge in [0.05, 0.1) is 11.4 Å². The van der Waals surface area contributed by atoms with Gasteiger partial charge < -0.3 is 11.5 Å². The number of hydrogen-bond acceptors (Lipinski definition) is 3. The van der Waals surface area contributed by atoms with Crippen LogP contribution in [0.3, 0.4) is 0 Å². The monoisotopic (exact) mass is 246 g/mol. The molecule has 90 valence electrons. The number of anilines is 2. The standard InChI is InChI=1S/C14H18N2S/c1-9(2)8-17-12-4-3-10-6-13(15)14(16)7-11(10)5-12/h3-7,9H,8,15-16H2,1-2H3. The minimum atomic E-state index is 0.653. The highest BCUT2D eigenvalue weighted by Crippen LogP contribution is 2.28. The molecule has 0 radical (unpaired) electrons. The maximum atomic E-state index is 5.83. The topological polar surface area (TPSA) is 52.0 Å². The van der Waals surface area contributed by atoms with Gasteiger partial charge in [0.15, 0.2) is 0 Å². The second-order valence-corrected chi connectivity index (χ2v) is 5.79. The van der Waals surface area contributed by atoms with Gasteiger partial charge in [-0.25, -0.2) is 0 Å². The van der Waals surface area contributed by atoms with Crippen molar-refractivity contribution < 1.29 is 0 Å². The lowest BCUT2D eigenvalue weighted by Crippen LogP contribution is -1.94. The molecule has 0 aliphatic rings. The maximum absolute atomic E-state index is 5.83. The minimum Gasteiger partial charge on any atom is -0.397 e. The summed E-state index contributed by atoms with van der Waals surface area (Å²) in [7, 11) is 0. The molecule has 0 aliphatic carbocycles. The molecule has 0 saturated heterocycles. The Bertz CT molecular complexity index is 535. The van der Waals surface area contributed by atoms with Crippen molar-refractivity contribution in [2.24, 2.45) is 5.92 Å². The molecule has 0 unspecified atom stereocenters. The Balaban J connectivity index is 2.33. The van der Waals surface area contributed by atoms with Crippen molar-refractivity contribution in [2.75, 3.05) is 17.2 Å². The summed E-state index contributed by atoms with van der Waals surface area (Å²) in [6, 6.07) is 10.3. The quantitative estimate of drug-likeness (QED) is 0.640. The van der Waals surface area contributed by atoms with Gasteiger partial charge in [0.25, 0.3) is 0 Å². The molecule has 2 nitrogen and oxygen atoms in total. The average molecular weight is 246 g/mol. The van der Waals surface area contributed by atoms with E-state index >= 15 is 0 Å². The Morgan fingerprint density at radius 1 is 1.00 bits per heavy atom. The van der Waals surface area contributed by atoms with E-state index in [1.165, 1.54) is 4.90 Å². The third kappa shape index (κ3) is 2.86. The molecule has 0 amide bonds. The highest BCUT2D eigenvalue weighted by atomic mass is 32.2. The van der Waals surface area contributed by atoms with Gasteiger partial charge in [-0.15, -0.1) is 11.8 Å². The van der Waals surface area contributed by atoms with Crippen molar-refractivity contribution in [3.63, 3.8) is 0 Å². The fourth-order valence-corrected chi connectivity index (χ4v) is 2.56. The third-order valence-electron chi connectivity index (χ3n) is 2.60. The van der Waals surface area contributed by atoms with Crippen LogP contribution < -0.4 is 11.5 Å². The fraction of sp³-hybridized carbons (Fsp3) is 0.286. The molecule has 0 bridgehead atoms. The molecule has 0 spiro atoms. The lowest BCUT2D eigenvalue weighted by Gasteiger charge is -2.07. The Morgan fingerprint density at radius 2 is 1.65 bits per heavy atom. The van der Waals surface area contributed by atoms with E-state index in [4.69, 9.17) is 11.5 Å². The molecule has 0 heterocycles. The molecule has 2 rings (SSSR count). The third-order valence-corrected chi connectivity index (χ3v) is 4.02. The van der Waals surface area contributed by atoms with Gasteiger partial charge in [0.2, 0.25) is 0 Å². The first-order valence-electron chi connectivity index (χ1n) is 5.78. The van der Waals surface area contributed by atoms with E-state index in [1.807, 2.05) is 23.9 Å². The van der Waals surface area contributed by atoms with E-state index in [0.29, 0.717) is 17.3 Å². The Morgan fingerprint density at radius 3 is 2.29 bits per heavy atom. The summed E-state index contributed by atoms with van der Waals surface area (Å²) in [5, 5.41) is 2.30. The van der Waals surface area contributed by atoms with E-state index < -0.39 is 0 Å². The number of fused-ring (bicyclic) bond motifs is 1. The first-order chi connectivity index (χ1) is 8.06. The van der Waals surface area contributed by atoms with E-state index in [9.17, 15) is 0 Å². The molecule has 2 aromatic rings. The summed E-state index contributed by atoms with van der Waals surface area (Å²) in [6.45, 7) is 4.46. The van der Waals surface area contributed by atoms with Crippen LogP contribution in [0.4, 0.5) is 11.4 Å². The normalized spacial score (nSPS) is 11.2. The summed E-state index contributed by atoms with van der Waals surface area (Å²) in [5.41, 5.74) is 12.9. The van der Waals surface area contributed by atoms with Gasteiger partial charge in [-0.05, 0) is 41.0 Å². The van der Waals surface area contributed by atoms with Gasteiger partial charge in [-0.3, -0.25) is 0 Å². The number of nitrogen functional groups attached to an aromatic ring is 2. The van der Waals surface area contributed by atoms with Crippen LogP contribution in [-0.4, -0.2) is 5.75 Å². The first-order valence-corrected chi connectivity index (χ1v) is 6.76. The van der Waals surface area contributed by atoms with Crippen LogP contribution in [0.5, 0.6) is 0 Å². The second kappa shape index (κ2) is 4.88. The van der Waals surface area contributed by atoms with E-state index in [-0.39, 0.29) is 0 Å². The zero-order valence-corrected chi connectivity index (χ0v) is 11.1. The smallest absolute Gasteiger partial charge is 0.0554 e. The molecule has 0 saturated carbocycles. The van der Waals surface area contributed by atoms with Gasteiger partial charge >= 0.3 is 0 Å². The summed E-state index contributed by atoms with van der Waals surface area (Å²) in [6.07, 6.45) is 0. The van der Waals surface area contributed by atoms with Crippen LogP contribution >= 0.6 is 11.8 Å². The minimum absolute atomic E-state index is 0.653. The Hall–Kier alpha value is -1.35. The van der Waals surface area contributed by atoms with Crippen molar-refractivity contribution >= 4 is 33.9 Å². The van der Waals surface area contributed by atoms with Crippen LogP contribution in [0.15, 0.2) is 35.2 Å². The van der Waals surface area contributed by atoms with Gasteiger partial charge in [0.1, 0.15) is 0 Å². The van der Waals surface area contributed by atoms with Crippen molar-refractivity contribution in [2.45, 2.75) is 18.7 Å². The van der Waals surface area contributed by atoms with Gasteiger partial charge in [-0.2, -0.15) is 0 Å². The SMILES string of the molecule is CC(C)CSc1ccc2cc(N)c(N)cc2c1.